The summed E-state index contributed by atoms with van der Waals surface area (Å²) in [5.41, 5.74) is 0.649. The van der Waals surface area contributed by atoms with Gasteiger partial charge >= 0.3 is 0 Å². The van der Waals surface area contributed by atoms with E-state index >= 15 is 0 Å². The lowest BCUT2D eigenvalue weighted by molar-refractivity contribution is 0.0822. The van der Waals surface area contributed by atoms with Gasteiger partial charge in [0.15, 0.2) is 10.9 Å². The maximum absolute atomic E-state index is 12.7. The number of aromatic nitrogens is 2. The van der Waals surface area contributed by atoms with E-state index < -0.39 is 5.92 Å². The Morgan fingerprint density at radius 1 is 1.18 bits per heavy atom. The van der Waals surface area contributed by atoms with Crippen LogP contribution in [0.5, 0.6) is 5.75 Å². The third-order valence-corrected chi connectivity index (χ3v) is 5.41. The second-order valence-corrected chi connectivity index (χ2v) is 7.45. The fourth-order valence-corrected chi connectivity index (χ4v) is 3.74. The monoisotopic (exact) mass is 413 g/mol. The number of terminal acetylenes is 1. The fourth-order valence-electron chi connectivity index (χ4n) is 3.42. The van der Waals surface area contributed by atoms with Crippen LogP contribution in [0.1, 0.15) is 41.7 Å². The van der Waals surface area contributed by atoms with Gasteiger partial charge in [0.1, 0.15) is 17.5 Å². The first-order valence-electron chi connectivity index (χ1n) is 8.87. The summed E-state index contributed by atoms with van der Waals surface area (Å²) in [7, 11) is 0. The molecule has 0 N–H and O–H groups in total. The van der Waals surface area contributed by atoms with E-state index in [1.165, 1.54) is 6.07 Å². The number of hydrogen-bond donors (Lipinski definition) is 0. The van der Waals surface area contributed by atoms with Crippen molar-refractivity contribution in [2.45, 2.75) is 31.8 Å². The highest BCUT2D eigenvalue weighted by atomic mass is 35.5. The number of nitrogens with zero attached hydrogens (tertiary/aromatic N) is 3. The summed E-state index contributed by atoms with van der Waals surface area (Å²) >= 11 is 11.8. The van der Waals surface area contributed by atoms with Crippen LogP contribution in [0.4, 0.5) is 0 Å². The van der Waals surface area contributed by atoms with Crippen LogP contribution in [0.3, 0.4) is 0 Å². The number of ether oxygens (including phenoxy) is 1. The number of rotatable bonds is 5. The maximum Gasteiger partial charge on any atom is 0.198 e. The summed E-state index contributed by atoms with van der Waals surface area (Å²) in [5.74, 6) is 2.59. The van der Waals surface area contributed by atoms with E-state index in [1.54, 1.807) is 24.3 Å². The van der Waals surface area contributed by atoms with E-state index in [4.69, 9.17) is 39.6 Å². The van der Waals surface area contributed by atoms with Crippen LogP contribution in [0.25, 0.3) is 0 Å². The lowest BCUT2D eigenvalue weighted by Gasteiger charge is -2.31. The van der Waals surface area contributed by atoms with Crippen LogP contribution in [0.15, 0.2) is 30.3 Å². The molecule has 1 aromatic heterocycles. The van der Waals surface area contributed by atoms with Gasteiger partial charge in [-0.05, 0) is 55.9 Å². The fraction of sp³-hybridized carbons (Fsp3) is 0.333. The average Bonchev–Trinajstić information content (AvgIpc) is 2.70. The predicted molar refractivity (Wildman–Crippen MR) is 106 cm³/mol. The molecule has 0 radical (unpaired) electrons. The highest BCUT2D eigenvalue weighted by Gasteiger charge is 2.32. The molecule has 0 amide bonds. The molecule has 1 aromatic carbocycles. The molecule has 1 fully saturated rings. The minimum atomic E-state index is -0.541. The van der Waals surface area contributed by atoms with Crippen LogP contribution in [0, 0.1) is 35.5 Å². The molecular weight excluding hydrogens is 397 g/mol. The van der Waals surface area contributed by atoms with Gasteiger partial charge in [-0.1, -0.05) is 29.1 Å². The minimum Gasteiger partial charge on any atom is -0.490 e. The molecule has 5 nitrogen and oxygen atoms in total. The average molecular weight is 414 g/mol. The van der Waals surface area contributed by atoms with Crippen LogP contribution >= 0.6 is 23.2 Å². The quantitative estimate of drug-likeness (QED) is 0.523. The van der Waals surface area contributed by atoms with E-state index in [2.05, 4.69) is 16.1 Å². The molecule has 1 aliphatic rings. The van der Waals surface area contributed by atoms with Crippen LogP contribution in [-0.4, -0.2) is 22.1 Å². The maximum atomic E-state index is 12.7. The molecule has 0 saturated heterocycles. The van der Waals surface area contributed by atoms with Crippen molar-refractivity contribution in [3.63, 3.8) is 0 Å². The number of benzene rings is 1. The molecule has 7 heteroatoms. The highest BCUT2D eigenvalue weighted by molar-refractivity contribution is 6.31. The lowest BCUT2D eigenvalue weighted by atomic mass is 9.77. The zero-order chi connectivity index (χ0) is 20.1. The third kappa shape index (κ3) is 4.62. The predicted octanol–water partition coefficient (Wildman–Crippen LogP) is 4.72. The Labute approximate surface area is 173 Å². The second kappa shape index (κ2) is 9.06. The van der Waals surface area contributed by atoms with Crippen molar-refractivity contribution >= 4 is 29.0 Å². The number of hydrogen-bond acceptors (Lipinski definition) is 5. The topological polar surface area (TPSA) is 75.9 Å². The van der Waals surface area contributed by atoms with Gasteiger partial charge in [-0.2, -0.15) is 5.26 Å². The van der Waals surface area contributed by atoms with E-state index in [0.717, 1.165) is 25.7 Å². The molecular formula is C21H17Cl2N3O2. The number of halogens is 2. The Balaban J connectivity index is 1.60. The van der Waals surface area contributed by atoms with Gasteiger partial charge in [0.25, 0.3) is 0 Å². The molecule has 142 valence electrons. The second-order valence-electron chi connectivity index (χ2n) is 6.66. The van der Waals surface area contributed by atoms with Crippen molar-refractivity contribution in [2.24, 2.45) is 11.8 Å². The van der Waals surface area contributed by atoms with Crippen molar-refractivity contribution < 1.29 is 9.53 Å². The first-order chi connectivity index (χ1) is 13.5. The van der Waals surface area contributed by atoms with Crippen molar-refractivity contribution in [1.29, 1.82) is 5.26 Å². The van der Waals surface area contributed by atoms with Crippen LogP contribution in [-0.2, 0) is 0 Å². The van der Waals surface area contributed by atoms with Gasteiger partial charge in [0, 0.05) is 6.07 Å². The van der Waals surface area contributed by atoms with Crippen LogP contribution in [0.2, 0.25) is 10.2 Å². The van der Waals surface area contributed by atoms with Crippen molar-refractivity contribution in [2.75, 3.05) is 0 Å². The SMILES string of the molecule is C#CC(C(=O)c1ccc(Cl)nn1)C1CCC(Oc2ccc(C#N)c(Cl)c2)CC1. The molecule has 1 unspecified atom stereocenters. The number of carbonyl (C=O) groups excluding carboxylic acids is 1. The molecule has 1 atom stereocenters. The Morgan fingerprint density at radius 2 is 1.93 bits per heavy atom. The summed E-state index contributed by atoms with van der Waals surface area (Å²) in [5, 5.41) is 17.1. The van der Waals surface area contributed by atoms with Gasteiger partial charge in [0.2, 0.25) is 0 Å². The Kier molecular flexibility index (Phi) is 6.52. The summed E-state index contributed by atoms with van der Waals surface area (Å²) in [6, 6.07) is 10.1. The van der Waals surface area contributed by atoms with Crippen molar-refractivity contribution in [1.82, 2.24) is 10.2 Å². The Bertz CT molecular complexity index is 940. The van der Waals surface area contributed by atoms with Crippen molar-refractivity contribution in [3.05, 3.63) is 51.8 Å². The molecule has 1 aliphatic carbocycles. The summed E-state index contributed by atoms with van der Waals surface area (Å²) in [4.78, 5) is 12.7. The van der Waals surface area contributed by atoms with Crippen LogP contribution < -0.4 is 4.74 Å². The zero-order valence-corrected chi connectivity index (χ0v) is 16.5. The van der Waals surface area contributed by atoms with Gasteiger partial charge in [0.05, 0.1) is 22.6 Å². The van der Waals surface area contributed by atoms with E-state index in [-0.39, 0.29) is 28.7 Å². The largest absolute Gasteiger partial charge is 0.490 e. The first-order valence-corrected chi connectivity index (χ1v) is 9.63. The molecule has 1 saturated carbocycles. The number of carbonyl (C=O) groups is 1. The number of nitriles is 1. The molecule has 0 aliphatic heterocycles. The normalized spacial score (nSPS) is 19.9. The molecule has 0 spiro atoms. The van der Waals surface area contributed by atoms with Crippen molar-refractivity contribution in [3.8, 4) is 24.2 Å². The van der Waals surface area contributed by atoms with E-state index in [9.17, 15) is 4.79 Å². The third-order valence-electron chi connectivity index (χ3n) is 4.90. The minimum absolute atomic E-state index is 0.0177. The van der Waals surface area contributed by atoms with E-state index in [1.807, 2.05) is 6.07 Å². The Hall–Kier alpha value is -2.60. The van der Waals surface area contributed by atoms with E-state index in [0.29, 0.717) is 16.3 Å². The molecule has 3 rings (SSSR count). The summed E-state index contributed by atoms with van der Waals surface area (Å²) in [6.07, 6.45) is 8.78. The first kappa shape index (κ1) is 20.1. The van der Waals surface area contributed by atoms with Gasteiger partial charge in [-0.15, -0.1) is 16.6 Å². The smallest absolute Gasteiger partial charge is 0.198 e. The van der Waals surface area contributed by atoms with Gasteiger partial charge < -0.3 is 4.74 Å². The molecule has 0 bridgehead atoms. The lowest BCUT2D eigenvalue weighted by Crippen LogP contribution is -2.31. The number of Topliss-reactive ketones (excluding diaryl/α,β-unsaturated/α-hetero) is 1. The number of ketones is 1. The van der Waals surface area contributed by atoms with Gasteiger partial charge in [-0.25, -0.2) is 0 Å². The van der Waals surface area contributed by atoms with Gasteiger partial charge in [-0.3, -0.25) is 4.79 Å². The molecule has 1 heterocycles. The summed E-state index contributed by atoms with van der Waals surface area (Å²) in [6.45, 7) is 0. The standard InChI is InChI=1S/C21H17Cl2N3O2/c1-2-17(21(27)19-9-10-20(23)26-25-19)13-3-6-15(7-4-13)28-16-8-5-14(12-24)18(22)11-16/h1,5,8-11,13,15,17H,3-4,6-7H2. The molecule has 2 aromatic rings. The Morgan fingerprint density at radius 3 is 2.50 bits per heavy atom. The zero-order valence-electron chi connectivity index (χ0n) is 14.9. The summed E-state index contributed by atoms with van der Waals surface area (Å²) < 4.78 is 5.99. The highest BCUT2D eigenvalue weighted by Crippen LogP contribution is 2.34. The molecule has 28 heavy (non-hydrogen) atoms.